The maximum atomic E-state index is 11.8. The molecule has 7 nitrogen and oxygen atoms in total. The predicted molar refractivity (Wildman–Crippen MR) is 96.6 cm³/mol. The number of hydrogen-bond acceptors (Lipinski definition) is 6. The number of nitrogens with zero attached hydrogens (tertiary/aromatic N) is 1. The minimum atomic E-state index is -0.470. The second-order valence-electron chi connectivity index (χ2n) is 5.55. The number of hydrogen-bond donors (Lipinski definition) is 2. The van der Waals surface area contributed by atoms with Gasteiger partial charge in [0, 0.05) is 23.1 Å². The fraction of sp³-hybridized carbons (Fsp3) is 0.105. The lowest BCUT2D eigenvalue weighted by Gasteiger charge is -2.06. The SMILES string of the molecule is Cc1cc(=O)oc2cc(OCC(=O)NN=Cc3ccccc3O)ccc12. The number of phenolic OH excluding ortho intramolecular Hbond substituents is 1. The van der Waals surface area contributed by atoms with Gasteiger partial charge in [-0.25, -0.2) is 10.2 Å². The molecule has 132 valence electrons. The van der Waals surface area contributed by atoms with Gasteiger partial charge in [-0.1, -0.05) is 12.1 Å². The van der Waals surface area contributed by atoms with Crippen molar-refractivity contribution in [3.63, 3.8) is 0 Å². The van der Waals surface area contributed by atoms with Crippen molar-refractivity contribution in [2.45, 2.75) is 6.92 Å². The lowest BCUT2D eigenvalue weighted by Crippen LogP contribution is -2.24. The number of aryl methyl sites for hydroxylation is 1. The Bertz CT molecular complexity index is 1040. The number of para-hydroxylation sites is 1. The number of rotatable bonds is 5. The van der Waals surface area contributed by atoms with Crippen LogP contribution in [0.5, 0.6) is 11.5 Å². The predicted octanol–water partition coefficient (Wildman–Crippen LogP) is 2.34. The van der Waals surface area contributed by atoms with Gasteiger partial charge in [-0.15, -0.1) is 0 Å². The molecule has 0 radical (unpaired) electrons. The Morgan fingerprint density at radius 2 is 2.08 bits per heavy atom. The molecule has 3 rings (SSSR count). The molecule has 0 fully saturated rings. The highest BCUT2D eigenvalue weighted by molar-refractivity contribution is 5.85. The van der Waals surface area contributed by atoms with E-state index in [0.717, 1.165) is 10.9 Å². The molecule has 7 heteroatoms. The van der Waals surface area contributed by atoms with Crippen molar-refractivity contribution in [2.75, 3.05) is 6.61 Å². The number of amides is 1. The molecule has 2 N–H and O–H groups in total. The largest absolute Gasteiger partial charge is 0.507 e. The molecule has 0 spiro atoms. The average Bonchev–Trinajstić information content (AvgIpc) is 2.61. The maximum Gasteiger partial charge on any atom is 0.336 e. The van der Waals surface area contributed by atoms with E-state index in [0.29, 0.717) is 16.9 Å². The lowest BCUT2D eigenvalue weighted by atomic mass is 10.1. The molecule has 1 amide bonds. The van der Waals surface area contributed by atoms with Gasteiger partial charge in [0.15, 0.2) is 6.61 Å². The van der Waals surface area contributed by atoms with E-state index in [-0.39, 0.29) is 12.4 Å². The number of benzene rings is 2. The lowest BCUT2D eigenvalue weighted by molar-refractivity contribution is -0.123. The molecule has 0 saturated heterocycles. The first-order valence-corrected chi connectivity index (χ1v) is 7.80. The number of aromatic hydroxyl groups is 1. The Kier molecular flexibility index (Phi) is 4.98. The molecule has 0 aliphatic carbocycles. The van der Waals surface area contributed by atoms with E-state index in [1.807, 2.05) is 6.92 Å². The summed E-state index contributed by atoms with van der Waals surface area (Å²) in [4.78, 5) is 23.2. The molecule has 2 aromatic carbocycles. The Balaban J connectivity index is 1.60. The first kappa shape index (κ1) is 17.2. The van der Waals surface area contributed by atoms with Gasteiger partial charge < -0.3 is 14.3 Å². The molecule has 1 heterocycles. The van der Waals surface area contributed by atoms with Crippen LogP contribution in [-0.2, 0) is 4.79 Å². The fourth-order valence-electron chi connectivity index (χ4n) is 2.35. The van der Waals surface area contributed by atoms with Gasteiger partial charge in [0.1, 0.15) is 17.1 Å². The standard InChI is InChI=1S/C19H16N2O5/c1-12-8-19(24)26-17-9-14(6-7-15(12)17)25-11-18(23)21-20-10-13-4-2-3-5-16(13)22/h2-10,22H,11H2,1H3,(H,21,23). The maximum absolute atomic E-state index is 11.8. The topological polar surface area (TPSA) is 101 Å². The van der Waals surface area contributed by atoms with Gasteiger partial charge in [0.25, 0.3) is 5.91 Å². The molecule has 0 unspecified atom stereocenters. The first-order chi connectivity index (χ1) is 12.5. The summed E-state index contributed by atoms with van der Waals surface area (Å²) < 4.78 is 10.5. The van der Waals surface area contributed by atoms with Crippen LogP contribution in [0.3, 0.4) is 0 Å². The summed E-state index contributed by atoms with van der Waals surface area (Å²) in [5, 5.41) is 14.2. The normalized spacial score (nSPS) is 11.0. The van der Waals surface area contributed by atoms with E-state index in [1.54, 1.807) is 36.4 Å². The van der Waals surface area contributed by atoms with Crippen LogP contribution in [0.1, 0.15) is 11.1 Å². The van der Waals surface area contributed by atoms with E-state index in [2.05, 4.69) is 10.5 Å². The van der Waals surface area contributed by atoms with Crippen LogP contribution in [0, 0.1) is 6.92 Å². The average molecular weight is 352 g/mol. The molecule has 0 saturated carbocycles. The quantitative estimate of drug-likeness (QED) is 0.417. The zero-order chi connectivity index (χ0) is 18.5. The van der Waals surface area contributed by atoms with Crippen LogP contribution in [0.4, 0.5) is 0 Å². The molecule has 0 aliphatic heterocycles. The summed E-state index contributed by atoms with van der Waals surface area (Å²) in [6, 6.07) is 13.0. The highest BCUT2D eigenvalue weighted by atomic mass is 16.5. The van der Waals surface area contributed by atoms with Gasteiger partial charge >= 0.3 is 5.63 Å². The Labute approximate surface area is 148 Å². The van der Waals surface area contributed by atoms with Crippen molar-refractivity contribution in [3.05, 3.63) is 70.1 Å². The second kappa shape index (κ2) is 7.52. The van der Waals surface area contributed by atoms with Crippen LogP contribution in [0.2, 0.25) is 0 Å². The van der Waals surface area contributed by atoms with Gasteiger partial charge in [0.05, 0.1) is 6.21 Å². The van der Waals surface area contributed by atoms with Crippen molar-refractivity contribution < 1.29 is 19.1 Å². The summed E-state index contributed by atoms with van der Waals surface area (Å²) in [7, 11) is 0. The number of ether oxygens (including phenoxy) is 1. The van der Waals surface area contributed by atoms with Crippen LogP contribution >= 0.6 is 0 Å². The molecule has 0 bridgehead atoms. The third kappa shape index (κ3) is 4.07. The summed E-state index contributed by atoms with van der Waals surface area (Å²) >= 11 is 0. The van der Waals surface area contributed by atoms with E-state index >= 15 is 0 Å². The van der Waals surface area contributed by atoms with Crippen LogP contribution in [0.15, 0.2) is 62.8 Å². The van der Waals surface area contributed by atoms with E-state index in [1.165, 1.54) is 18.3 Å². The number of fused-ring (bicyclic) bond motifs is 1. The Hall–Kier alpha value is -3.61. The van der Waals surface area contributed by atoms with Crippen molar-refractivity contribution in [2.24, 2.45) is 5.10 Å². The van der Waals surface area contributed by atoms with Crippen molar-refractivity contribution in [1.29, 1.82) is 0 Å². The molecule has 26 heavy (non-hydrogen) atoms. The van der Waals surface area contributed by atoms with Gasteiger partial charge in [-0.2, -0.15) is 5.10 Å². The first-order valence-electron chi connectivity index (χ1n) is 7.80. The summed E-state index contributed by atoms with van der Waals surface area (Å²) in [5.41, 5.74) is 3.54. The third-order valence-electron chi connectivity index (χ3n) is 3.62. The molecule has 1 aromatic heterocycles. The summed E-state index contributed by atoms with van der Waals surface area (Å²) in [6.07, 6.45) is 1.33. The Morgan fingerprint density at radius 3 is 2.88 bits per heavy atom. The molecule has 0 atom stereocenters. The van der Waals surface area contributed by atoms with E-state index in [4.69, 9.17) is 9.15 Å². The zero-order valence-corrected chi connectivity index (χ0v) is 13.9. The van der Waals surface area contributed by atoms with Gasteiger partial charge in [-0.3, -0.25) is 4.79 Å². The van der Waals surface area contributed by atoms with Gasteiger partial charge in [-0.05, 0) is 36.8 Å². The molecular weight excluding hydrogens is 336 g/mol. The van der Waals surface area contributed by atoms with Crippen LogP contribution < -0.4 is 15.8 Å². The zero-order valence-electron chi connectivity index (χ0n) is 13.9. The summed E-state index contributed by atoms with van der Waals surface area (Å²) in [5.74, 6) is -0.0109. The van der Waals surface area contributed by atoms with Crippen molar-refractivity contribution in [3.8, 4) is 11.5 Å². The monoisotopic (exact) mass is 352 g/mol. The molecule has 3 aromatic rings. The number of phenols is 1. The summed E-state index contributed by atoms with van der Waals surface area (Å²) in [6.45, 7) is 1.55. The van der Waals surface area contributed by atoms with Crippen molar-refractivity contribution in [1.82, 2.24) is 5.43 Å². The number of carbonyl (C=O) groups is 1. The van der Waals surface area contributed by atoms with E-state index in [9.17, 15) is 14.7 Å². The number of carbonyl (C=O) groups excluding carboxylic acids is 1. The van der Waals surface area contributed by atoms with E-state index < -0.39 is 11.5 Å². The van der Waals surface area contributed by atoms with Crippen LogP contribution in [0.25, 0.3) is 11.0 Å². The minimum Gasteiger partial charge on any atom is -0.507 e. The highest BCUT2D eigenvalue weighted by Crippen LogP contribution is 2.22. The van der Waals surface area contributed by atoms with Gasteiger partial charge in [0.2, 0.25) is 0 Å². The smallest absolute Gasteiger partial charge is 0.336 e. The van der Waals surface area contributed by atoms with Crippen LogP contribution in [-0.4, -0.2) is 23.8 Å². The molecule has 0 aliphatic rings. The number of nitrogens with one attached hydrogen (secondary N) is 1. The molecular formula is C19H16N2O5. The van der Waals surface area contributed by atoms with Crippen molar-refractivity contribution >= 4 is 23.1 Å². The number of hydrazone groups is 1. The fourth-order valence-corrected chi connectivity index (χ4v) is 2.35. The second-order valence-corrected chi connectivity index (χ2v) is 5.55. The third-order valence-corrected chi connectivity index (χ3v) is 3.62. The Morgan fingerprint density at radius 1 is 1.27 bits per heavy atom. The highest BCUT2D eigenvalue weighted by Gasteiger charge is 2.06. The minimum absolute atomic E-state index is 0.0645.